The summed E-state index contributed by atoms with van der Waals surface area (Å²) in [6, 6.07) is 13.0. The van der Waals surface area contributed by atoms with Gasteiger partial charge in [-0.25, -0.2) is 0 Å². The SMILES string of the molecule is Cc1cccc(Cn2c(C(=O)NCCCN3CCCCC3C)cc3oc(C)cc32)c1. The number of fused-ring (bicyclic) bond motifs is 1. The lowest BCUT2D eigenvalue weighted by atomic mass is 10.0. The van der Waals surface area contributed by atoms with Crippen LogP contribution in [0.2, 0.25) is 0 Å². The van der Waals surface area contributed by atoms with Gasteiger partial charge in [-0.15, -0.1) is 0 Å². The fourth-order valence-electron chi connectivity index (χ4n) is 4.58. The first kappa shape index (κ1) is 20.7. The van der Waals surface area contributed by atoms with Crippen LogP contribution in [0.4, 0.5) is 0 Å². The third kappa shape index (κ3) is 4.62. The Labute approximate surface area is 179 Å². The molecule has 1 saturated heterocycles. The molecule has 1 fully saturated rings. The van der Waals surface area contributed by atoms with Gasteiger partial charge in [0, 0.05) is 37.8 Å². The van der Waals surface area contributed by atoms with Crippen molar-refractivity contribution in [2.24, 2.45) is 0 Å². The van der Waals surface area contributed by atoms with E-state index in [0.717, 1.165) is 29.8 Å². The number of aryl methyl sites for hydroxylation is 2. The zero-order chi connectivity index (χ0) is 21.1. The first-order chi connectivity index (χ1) is 14.5. The molecule has 1 N–H and O–H groups in total. The van der Waals surface area contributed by atoms with Gasteiger partial charge in [0.15, 0.2) is 5.58 Å². The quantitative estimate of drug-likeness (QED) is 0.567. The molecule has 0 radical (unpaired) electrons. The molecule has 4 rings (SSSR count). The average Bonchev–Trinajstić information content (AvgIpc) is 3.23. The summed E-state index contributed by atoms with van der Waals surface area (Å²) in [7, 11) is 0. The molecule has 0 spiro atoms. The molecule has 160 valence electrons. The molecule has 5 heteroatoms. The van der Waals surface area contributed by atoms with Gasteiger partial charge in [-0.05, 0) is 52.1 Å². The first-order valence-electron chi connectivity index (χ1n) is 11.2. The van der Waals surface area contributed by atoms with E-state index in [-0.39, 0.29) is 5.91 Å². The Morgan fingerprint density at radius 3 is 2.87 bits per heavy atom. The maximum Gasteiger partial charge on any atom is 0.268 e. The highest BCUT2D eigenvalue weighted by molar-refractivity contribution is 5.97. The van der Waals surface area contributed by atoms with E-state index >= 15 is 0 Å². The van der Waals surface area contributed by atoms with Gasteiger partial charge < -0.3 is 19.2 Å². The van der Waals surface area contributed by atoms with E-state index in [2.05, 4.69) is 52.9 Å². The highest BCUT2D eigenvalue weighted by Crippen LogP contribution is 2.25. The minimum Gasteiger partial charge on any atom is -0.460 e. The number of aromatic nitrogens is 1. The highest BCUT2D eigenvalue weighted by atomic mass is 16.3. The zero-order valence-electron chi connectivity index (χ0n) is 18.4. The van der Waals surface area contributed by atoms with Crippen molar-refractivity contribution >= 4 is 17.0 Å². The van der Waals surface area contributed by atoms with Gasteiger partial charge in [-0.2, -0.15) is 0 Å². The van der Waals surface area contributed by atoms with E-state index in [4.69, 9.17) is 4.42 Å². The highest BCUT2D eigenvalue weighted by Gasteiger charge is 2.20. The van der Waals surface area contributed by atoms with Crippen LogP contribution in [0.5, 0.6) is 0 Å². The van der Waals surface area contributed by atoms with Crippen LogP contribution in [0.3, 0.4) is 0 Å². The van der Waals surface area contributed by atoms with Crippen LogP contribution in [-0.2, 0) is 6.54 Å². The van der Waals surface area contributed by atoms with Crippen LogP contribution >= 0.6 is 0 Å². The molecule has 2 aromatic heterocycles. The number of rotatable bonds is 7. The number of hydrogen-bond donors (Lipinski definition) is 1. The molecule has 5 nitrogen and oxygen atoms in total. The molecule has 1 amide bonds. The van der Waals surface area contributed by atoms with Gasteiger partial charge in [0.05, 0.1) is 5.52 Å². The average molecular weight is 408 g/mol. The van der Waals surface area contributed by atoms with Crippen molar-refractivity contribution < 1.29 is 9.21 Å². The number of hydrogen-bond acceptors (Lipinski definition) is 3. The van der Waals surface area contributed by atoms with Crippen molar-refractivity contribution in [2.75, 3.05) is 19.6 Å². The van der Waals surface area contributed by atoms with Gasteiger partial charge in [0.2, 0.25) is 0 Å². The fourth-order valence-corrected chi connectivity index (χ4v) is 4.58. The minimum absolute atomic E-state index is 0.0293. The molecule has 3 aromatic rings. The van der Waals surface area contributed by atoms with Gasteiger partial charge in [-0.3, -0.25) is 4.79 Å². The summed E-state index contributed by atoms with van der Waals surface area (Å²) in [5, 5.41) is 3.13. The van der Waals surface area contributed by atoms with Crippen LogP contribution in [0.15, 0.2) is 40.8 Å². The minimum atomic E-state index is -0.0293. The molecule has 1 aliphatic rings. The summed E-state index contributed by atoms with van der Waals surface area (Å²) in [6.07, 6.45) is 4.90. The van der Waals surface area contributed by atoms with Gasteiger partial charge >= 0.3 is 0 Å². The van der Waals surface area contributed by atoms with Gasteiger partial charge in [0.1, 0.15) is 11.5 Å². The summed E-state index contributed by atoms with van der Waals surface area (Å²) < 4.78 is 7.88. The fraction of sp³-hybridized carbons (Fsp3) is 0.480. The third-order valence-corrected chi connectivity index (χ3v) is 6.22. The smallest absolute Gasteiger partial charge is 0.268 e. The monoisotopic (exact) mass is 407 g/mol. The van der Waals surface area contributed by atoms with Crippen LogP contribution in [0.1, 0.15) is 60.0 Å². The van der Waals surface area contributed by atoms with Crippen molar-refractivity contribution in [3.63, 3.8) is 0 Å². The Bertz CT molecular complexity index is 1020. The second kappa shape index (κ2) is 9.09. The molecular weight excluding hydrogens is 374 g/mol. The van der Waals surface area contributed by atoms with Crippen molar-refractivity contribution in [1.29, 1.82) is 0 Å². The van der Waals surface area contributed by atoms with Crippen LogP contribution < -0.4 is 5.32 Å². The molecule has 30 heavy (non-hydrogen) atoms. The van der Waals surface area contributed by atoms with Crippen molar-refractivity contribution in [2.45, 2.75) is 59.0 Å². The van der Waals surface area contributed by atoms with Gasteiger partial charge in [-0.1, -0.05) is 36.2 Å². The van der Waals surface area contributed by atoms with Crippen LogP contribution in [-0.4, -0.2) is 41.1 Å². The maximum atomic E-state index is 13.0. The van der Waals surface area contributed by atoms with E-state index in [1.165, 1.54) is 36.9 Å². The van der Waals surface area contributed by atoms with E-state index in [1.54, 1.807) is 0 Å². The van der Waals surface area contributed by atoms with E-state index in [0.29, 0.717) is 24.8 Å². The Morgan fingerprint density at radius 1 is 1.20 bits per heavy atom. The van der Waals surface area contributed by atoms with E-state index < -0.39 is 0 Å². The Balaban J connectivity index is 1.44. The van der Waals surface area contributed by atoms with Crippen molar-refractivity contribution in [3.05, 3.63) is 59.0 Å². The van der Waals surface area contributed by atoms with Crippen molar-refractivity contribution in [3.8, 4) is 0 Å². The third-order valence-electron chi connectivity index (χ3n) is 6.22. The number of nitrogens with one attached hydrogen (secondary N) is 1. The molecule has 1 aliphatic heterocycles. The number of piperidine rings is 1. The molecule has 0 saturated carbocycles. The topological polar surface area (TPSA) is 50.4 Å². The van der Waals surface area contributed by atoms with E-state index in [1.807, 2.05) is 19.1 Å². The molecule has 1 unspecified atom stereocenters. The van der Waals surface area contributed by atoms with Crippen molar-refractivity contribution in [1.82, 2.24) is 14.8 Å². The number of carbonyl (C=O) groups excluding carboxylic acids is 1. The summed E-state index contributed by atoms with van der Waals surface area (Å²) in [5.41, 5.74) is 4.81. The Hall–Kier alpha value is -2.53. The molecule has 0 aliphatic carbocycles. The summed E-state index contributed by atoms with van der Waals surface area (Å²) in [5.74, 6) is 0.832. The molecular formula is C25H33N3O2. The zero-order valence-corrected chi connectivity index (χ0v) is 18.4. The van der Waals surface area contributed by atoms with Gasteiger partial charge in [0.25, 0.3) is 5.91 Å². The van der Waals surface area contributed by atoms with Crippen LogP contribution in [0.25, 0.3) is 11.1 Å². The second-order valence-corrected chi connectivity index (χ2v) is 8.70. The summed E-state index contributed by atoms with van der Waals surface area (Å²) in [4.78, 5) is 15.6. The molecule has 3 heterocycles. The maximum absolute atomic E-state index is 13.0. The normalized spacial score (nSPS) is 17.5. The van der Waals surface area contributed by atoms with E-state index in [9.17, 15) is 4.79 Å². The number of benzene rings is 1. The number of furan rings is 1. The lowest BCUT2D eigenvalue weighted by molar-refractivity contribution is 0.0940. The number of carbonyl (C=O) groups is 1. The predicted molar refractivity (Wildman–Crippen MR) is 121 cm³/mol. The van der Waals surface area contributed by atoms with Crippen LogP contribution in [0, 0.1) is 13.8 Å². The number of amides is 1. The largest absolute Gasteiger partial charge is 0.460 e. The Morgan fingerprint density at radius 2 is 2.07 bits per heavy atom. The number of likely N-dealkylation sites (tertiary alicyclic amines) is 1. The molecule has 1 aromatic carbocycles. The first-order valence-corrected chi connectivity index (χ1v) is 11.2. The lowest BCUT2D eigenvalue weighted by Gasteiger charge is -2.33. The Kier molecular flexibility index (Phi) is 6.28. The molecule has 1 atom stereocenters. The summed E-state index contributed by atoms with van der Waals surface area (Å²) in [6.45, 7) is 9.92. The summed E-state index contributed by atoms with van der Waals surface area (Å²) >= 11 is 0. The lowest BCUT2D eigenvalue weighted by Crippen LogP contribution is -2.39. The number of nitrogens with zero attached hydrogens (tertiary/aromatic N) is 2. The predicted octanol–water partition coefficient (Wildman–Crippen LogP) is 4.89. The second-order valence-electron chi connectivity index (χ2n) is 8.70. The standard InChI is InChI=1S/C25H33N3O2/c1-18-8-6-10-21(14-18)17-28-22-15-20(3)30-24(22)16-23(28)25(29)26-11-7-13-27-12-5-4-9-19(27)2/h6,8,10,14-16,19H,4-5,7,9,11-13,17H2,1-3H3,(H,26,29). The molecule has 0 bridgehead atoms.